The lowest BCUT2D eigenvalue weighted by Crippen LogP contribution is -2.29. The lowest BCUT2D eigenvalue weighted by molar-refractivity contribution is -0.121. The Labute approximate surface area is 107 Å². The van der Waals surface area contributed by atoms with E-state index in [2.05, 4.69) is 11.5 Å². The summed E-state index contributed by atoms with van der Waals surface area (Å²) in [5, 5.41) is 8.79. The van der Waals surface area contributed by atoms with Gasteiger partial charge in [0.2, 0.25) is 5.91 Å². The smallest absolute Gasteiger partial charge is 0.233 e. The molecule has 0 fully saturated rings. The summed E-state index contributed by atoms with van der Waals surface area (Å²) in [6.45, 7) is 2.45. The predicted octanol–water partition coefficient (Wildman–Crippen LogP) is 1.41. The van der Waals surface area contributed by atoms with Gasteiger partial charge in [0.05, 0.1) is 18.2 Å². The van der Waals surface area contributed by atoms with E-state index in [-0.39, 0.29) is 5.91 Å². The van der Waals surface area contributed by atoms with E-state index < -0.39 is 0 Å². The minimum atomic E-state index is -0.169. The Balaban J connectivity index is 2.35. The first-order chi connectivity index (χ1) is 8.67. The summed E-state index contributed by atoms with van der Waals surface area (Å²) in [4.78, 5) is 10.9. The predicted molar refractivity (Wildman–Crippen MR) is 67.6 cm³/mol. The van der Waals surface area contributed by atoms with Crippen LogP contribution in [0.5, 0.6) is 5.75 Å². The molecule has 1 rings (SSSR count). The van der Waals surface area contributed by atoms with E-state index in [0.29, 0.717) is 18.6 Å². The van der Waals surface area contributed by atoms with Gasteiger partial charge in [-0.1, -0.05) is 6.07 Å². The van der Waals surface area contributed by atoms with Crippen LogP contribution in [-0.2, 0) is 4.79 Å². The quantitative estimate of drug-likeness (QED) is 0.344. The molecule has 0 spiro atoms. The highest BCUT2D eigenvalue weighted by Gasteiger charge is 2.02. The van der Waals surface area contributed by atoms with E-state index in [9.17, 15) is 4.79 Å². The van der Waals surface area contributed by atoms with E-state index >= 15 is 0 Å². The minimum absolute atomic E-state index is 0.169. The van der Waals surface area contributed by atoms with E-state index in [1.165, 1.54) is 0 Å². The van der Waals surface area contributed by atoms with Crippen molar-refractivity contribution in [2.24, 2.45) is 5.84 Å². The van der Waals surface area contributed by atoms with Crippen LogP contribution in [0.3, 0.4) is 0 Å². The number of nitriles is 1. The summed E-state index contributed by atoms with van der Waals surface area (Å²) in [7, 11) is 0. The molecule has 0 aliphatic rings. The normalized spacial score (nSPS) is 9.61. The zero-order valence-corrected chi connectivity index (χ0v) is 10.4. The van der Waals surface area contributed by atoms with Crippen LogP contribution in [0, 0.1) is 18.3 Å². The highest BCUT2D eigenvalue weighted by Crippen LogP contribution is 2.19. The largest absolute Gasteiger partial charge is 0.493 e. The molecular formula is C13H17N3O2. The van der Waals surface area contributed by atoms with Gasteiger partial charge in [-0.15, -0.1) is 0 Å². The highest BCUT2D eigenvalue weighted by molar-refractivity contribution is 5.75. The van der Waals surface area contributed by atoms with Gasteiger partial charge in [-0.2, -0.15) is 5.26 Å². The number of rotatable bonds is 6. The van der Waals surface area contributed by atoms with Crippen LogP contribution in [0.15, 0.2) is 18.2 Å². The number of nitrogens with one attached hydrogen (secondary N) is 1. The topological polar surface area (TPSA) is 88.1 Å². The Bertz CT molecular complexity index is 452. The van der Waals surface area contributed by atoms with E-state index in [1.54, 1.807) is 12.1 Å². The molecule has 18 heavy (non-hydrogen) atoms. The molecule has 1 aromatic rings. The van der Waals surface area contributed by atoms with Gasteiger partial charge in [0.25, 0.3) is 0 Å². The van der Waals surface area contributed by atoms with E-state index in [1.807, 2.05) is 13.0 Å². The first kappa shape index (κ1) is 14.0. The van der Waals surface area contributed by atoms with Crippen molar-refractivity contribution in [2.75, 3.05) is 6.61 Å². The Morgan fingerprint density at radius 3 is 2.94 bits per heavy atom. The van der Waals surface area contributed by atoms with Crippen LogP contribution < -0.4 is 16.0 Å². The van der Waals surface area contributed by atoms with Crippen molar-refractivity contribution in [1.29, 1.82) is 5.26 Å². The Morgan fingerprint density at radius 1 is 1.50 bits per heavy atom. The number of carbonyl (C=O) groups excluding carboxylic acids is 1. The van der Waals surface area contributed by atoms with Gasteiger partial charge in [-0.25, -0.2) is 5.84 Å². The average molecular weight is 247 g/mol. The number of ether oxygens (including phenoxy) is 1. The molecule has 1 aromatic carbocycles. The van der Waals surface area contributed by atoms with Crippen LogP contribution in [0.2, 0.25) is 0 Å². The maximum atomic E-state index is 10.9. The van der Waals surface area contributed by atoms with Crippen molar-refractivity contribution in [2.45, 2.75) is 26.2 Å². The molecule has 0 radical (unpaired) electrons. The second kappa shape index (κ2) is 7.30. The lowest BCUT2D eigenvalue weighted by Gasteiger charge is -2.09. The number of carbonyl (C=O) groups is 1. The molecule has 5 heteroatoms. The SMILES string of the molecule is Cc1ccc(C#N)cc1OCCCCC(=O)NN. The summed E-state index contributed by atoms with van der Waals surface area (Å²) in [5.41, 5.74) is 3.66. The maximum Gasteiger partial charge on any atom is 0.233 e. The highest BCUT2D eigenvalue weighted by atomic mass is 16.5. The summed E-state index contributed by atoms with van der Waals surface area (Å²) >= 11 is 0. The van der Waals surface area contributed by atoms with E-state index in [0.717, 1.165) is 24.2 Å². The Morgan fingerprint density at radius 2 is 2.28 bits per heavy atom. The fraction of sp³-hybridized carbons (Fsp3) is 0.385. The maximum absolute atomic E-state index is 10.9. The van der Waals surface area contributed by atoms with Crippen LogP contribution in [-0.4, -0.2) is 12.5 Å². The molecule has 0 atom stereocenters. The van der Waals surface area contributed by atoms with Gasteiger partial charge in [0, 0.05) is 6.42 Å². The second-order valence-electron chi connectivity index (χ2n) is 3.97. The van der Waals surface area contributed by atoms with Gasteiger partial charge in [0.1, 0.15) is 5.75 Å². The molecule has 1 amide bonds. The van der Waals surface area contributed by atoms with Crippen LogP contribution >= 0.6 is 0 Å². The number of hydrogen-bond donors (Lipinski definition) is 2. The first-order valence-corrected chi connectivity index (χ1v) is 5.80. The van der Waals surface area contributed by atoms with Gasteiger partial charge in [0.15, 0.2) is 0 Å². The van der Waals surface area contributed by atoms with Crippen molar-refractivity contribution in [1.82, 2.24) is 5.43 Å². The van der Waals surface area contributed by atoms with Crippen molar-refractivity contribution in [3.63, 3.8) is 0 Å². The summed E-state index contributed by atoms with van der Waals surface area (Å²) < 4.78 is 5.58. The summed E-state index contributed by atoms with van der Waals surface area (Å²) in [5.74, 6) is 5.52. The van der Waals surface area contributed by atoms with E-state index in [4.69, 9.17) is 15.8 Å². The molecule has 96 valence electrons. The zero-order chi connectivity index (χ0) is 13.4. The van der Waals surface area contributed by atoms with Crippen molar-refractivity contribution in [3.05, 3.63) is 29.3 Å². The second-order valence-corrected chi connectivity index (χ2v) is 3.97. The fourth-order valence-electron chi connectivity index (χ4n) is 1.47. The number of nitrogens with two attached hydrogens (primary N) is 1. The number of nitrogens with zero attached hydrogens (tertiary/aromatic N) is 1. The molecule has 0 heterocycles. The number of aryl methyl sites for hydroxylation is 1. The van der Waals surface area contributed by atoms with Crippen molar-refractivity contribution >= 4 is 5.91 Å². The molecule has 3 N–H and O–H groups in total. The molecule has 0 saturated carbocycles. The number of amides is 1. The van der Waals surface area contributed by atoms with Crippen molar-refractivity contribution in [3.8, 4) is 11.8 Å². The van der Waals surface area contributed by atoms with Crippen LogP contribution in [0.4, 0.5) is 0 Å². The van der Waals surface area contributed by atoms with Crippen LogP contribution in [0.25, 0.3) is 0 Å². The first-order valence-electron chi connectivity index (χ1n) is 5.80. The Kier molecular flexibility index (Phi) is 5.68. The molecular weight excluding hydrogens is 230 g/mol. The molecule has 5 nitrogen and oxygen atoms in total. The standard InChI is InChI=1S/C13H17N3O2/c1-10-5-6-11(9-14)8-12(10)18-7-3-2-4-13(17)16-15/h5-6,8H,2-4,7,15H2,1H3,(H,16,17). The summed E-state index contributed by atoms with van der Waals surface area (Å²) in [6.07, 6.45) is 1.89. The van der Waals surface area contributed by atoms with Gasteiger partial charge < -0.3 is 4.74 Å². The fourth-order valence-corrected chi connectivity index (χ4v) is 1.47. The monoisotopic (exact) mass is 247 g/mol. The molecule has 0 aliphatic carbocycles. The number of hydrogen-bond acceptors (Lipinski definition) is 4. The third kappa shape index (κ3) is 4.44. The van der Waals surface area contributed by atoms with Gasteiger partial charge in [-0.3, -0.25) is 10.2 Å². The zero-order valence-electron chi connectivity index (χ0n) is 10.4. The minimum Gasteiger partial charge on any atom is -0.493 e. The average Bonchev–Trinajstić information content (AvgIpc) is 2.40. The molecule has 0 saturated heterocycles. The lowest BCUT2D eigenvalue weighted by atomic mass is 10.1. The van der Waals surface area contributed by atoms with Crippen molar-refractivity contribution < 1.29 is 9.53 Å². The molecule has 0 unspecified atom stereocenters. The third-order valence-corrected chi connectivity index (χ3v) is 2.53. The Hall–Kier alpha value is -2.06. The van der Waals surface area contributed by atoms with Gasteiger partial charge in [-0.05, 0) is 37.5 Å². The summed E-state index contributed by atoms with van der Waals surface area (Å²) in [6, 6.07) is 7.41. The number of unbranched alkanes of at least 4 members (excludes halogenated alkanes) is 1. The van der Waals surface area contributed by atoms with Gasteiger partial charge >= 0.3 is 0 Å². The molecule has 0 bridgehead atoms. The molecule has 0 aromatic heterocycles. The third-order valence-electron chi connectivity index (χ3n) is 2.53. The van der Waals surface area contributed by atoms with Crippen LogP contribution in [0.1, 0.15) is 30.4 Å². The molecule has 0 aliphatic heterocycles. The number of hydrazine groups is 1. The number of benzene rings is 1.